The molecule has 0 saturated carbocycles. The SMILES string of the molecule is CC(C)c1cc(Cl)nc(-c2ccc3c(c2)CCN3C)n1. The van der Waals surface area contributed by atoms with E-state index in [0.29, 0.717) is 11.1 Å². The number of nitrogens with zero attached hydrogens (tertiary/aromatic N) is 3. The van der Waals surface area contributed by atoms with Crippen LogP contribution in [0.15, 0.2) is 24.3 Å². The number of fused-ring (bicyclic) bond motifs is 1. The van der Waals surface area contributed by atoms with Crippen LogP contribution in [0.5, 0.6) is 0 Å². The molecule has 3 rings (SSSR count). The van der Waals surface area contributed by atoms with E-state index in [4.69, 9.17) is 11.6 Å². The van der Waals surface area contributed by atoms with E-state index in [1.807, 2.05) is 6.07 Å². The number of likely N-dealkylation sites (N-methyl/N-ethyl adjacent to an activating group) is 1. The van der Waals surface area contributed by atoms with Gasteiger partial charge in [0.1, 0.15) is 5.15 Å². The second-order valence-corrected chi connectivity index (χ2v) is 6.00. The van der Waals surface area contributed by atoms with Gasteiger partial charge < -0.3 is 4.90 Å². The Morgan fingerprint density at radius 2 is 2.00 bits per heavy atom. The summed E-state index contributed by atoms with van der Waals surface area (Å²) < 4.78 is 0. The normalized spacial score (nSPS) is 13.9. The summed E-state index contributed by atoms with van der Waals surface area (Å²) >= 11 is 6.13. The molecule has 104 valence electrons. The third kappa shape index (κ3) is 2.38. The van der Waals surface area contributed by atoms with Crippen LogP contribution >= 0.6 is 11.6 Å². The minimum absolute atomic E-state index is 0.342. The molecule has 3 nitrogen and oxygen atoms in total. The zero-order valence-electron chi connectivity index (χ0n) is 12.0. The van der Waals surface area contributed by atoms with E-state index in [1.54, 1.807) is 0 Å². The van der Waals surface area contributed by atoms with E-state index in [9.17, 15) is 0 Å². The molecule has 0 atom stereocenters. The Balaban J connectivity index is 2.05. The van der Waals surface area contributed by atoms with Crippen molar-refractivity contribution in [1.29, 1.82) is 0 Å². The molecule has 0 fully saturated rings. The van der Waals surface area contributed by atoms with Crippen LogP contribution in [0.25, 0.3) is 11.4 Å². The van der Waals surface area contributed by atoms with Gasteiger partial charge in [-0.25, -0.2) is 9.97 Å². The fourth-order valence-electron chi connectivity index (χ4n) is 2.57. The number of aromatic nitrogens is 2. The third-order valence-corrected chi connectivity index (χ3v) is 3.97. The molecule has 1 aliphatic heterocycles. The van der Waals surface area contributed by atoms with Crippen molar-refractivity contribution in [2.75, 3.05) is 18.5 Å². The molecule has 0 radical (unpaired) electrons. The van der Waals surface area contributed by atoms with Crippen LogP contribution in [0.4, 0.5) is 5.69 Å². The molecule has 0 N–H and O–H groups in total. The van der Waals surface area contributed by atoms with Crippen molar-refractivity contribution in [2.45, 2.75) is 26.2 Å². The Bertz CT molecular complexity index is 652. The van der Waals surface area contributed by atoms with E-state index in [-0.39, 0.29) is 0 Å². The summed E-state index contributed by atoms with van der Waals surface area (Å²) in [5, 5.41) is 0.510. The van der Waals surface area contributed by atoms with Crippen molar-refractivity contribution in [3.8, 4) is 11.4 Å². The molecule has 0 bridgehead atoms. The lowest BCUT2D eigenvalue weighted by atomic mass is 10.1. The monoisotopic (exact) mass is 287 g/mol. The van der Waals surface area contributed by atoms with Gasteiger partial charge in [0.05, 0.1) is 0 Å². The Kier molecular flexibility index (Phi) is 3.38. The first-order valence-electron chi connectivity index (χ1n) is 6.93. The second-order valence-electron chi connectivity index (χ2n) is 5.61. The lowest BCUT2D eigenvalue weighted by Crippen LogP contribution is -2.12. The average molecular weight is 288 g/mol. The second kappa shape index (κ2) is 5.06. The van der Waals surface area contributed by atoms with Crippen LogP contribution in [0.1, 0.15) is 31.0 Å². The summed E-state index contributed by atoms with van der Waals surface area (Å²) in [5.41, 5.74) is 4.70. The van der Waals surface area contributed by atoms with Crippen LogP contribution < -0.4 is 4.90 Å². The van der Waals surface area contributed by atoms with Gasteiger partial charge >= 0.3 is 0 Å². The van der Waals surface area contributed by atoms with Gasteiger partial charge in [0.25, 0.3) is 0 Å². The molecule has 0 saturated heterocycles. The minimum atomic E-state index is 0.342. The van der Waals surface area contributed by atoms with E-state index >= 15 is 0 Å². The predicted molar refractivity (Wildman–Crippen MR) is 83.5 cm³/mol. The van der Waals surface area contributed by atoms with Gasteiger partial charge in [-0.1, -0.05) is 25.4 Å². The summed E-state index contributed by atoms with van der Waals surface area (Å²) in [6, 6.07) is 8.26. The van der Waals surface area contributed by atoms with E-state index in [1.165, 1.54) is 11.3 Å². The molecule has 20 heavy (non-hydrogen) atoms. The molecule has 0 spiro atoms. The minimum Gasteiger partial charge on any atom is -0.374 e. The number of anilines is 1. The topological polar surface area (TPSA) is 29.0 Å². The summed E-state index contributed by atoms with van der Waals surface area (Å²) in [4.78, 5) is 11.3. The Morgan fingerprint density at radius 1 is 1.20 bits per heavy atom. The Morgan fingerprint density at radius 3 is 2.75 bits per heavy atom. The van der Waals surface area contributed by atoms with Crippen molar-refractivity contribution in [1.82, 2.24) is 9.97 Å². The highest BCUT2D eigenvalue weighted by atomic mass is 35.5. The molecule has 4 heteroatoms. The van der Waals surface area contributed by atoms with Crippen molar-refractivity contribution < 1.29 is 0 Å². The van der Waals surface area contributed by atoms with Gasteiger partial charge in [0.2, 0.25) is 0 Å². The van der Waals surface area contributed by atoms with Crippen molar-refractivity contribution in [3.63, 3.8) is 0 Å². The fraction of sp³-hybridized carbons (Fsp3) is 0.375. The zero-order chi connectivity index (χ0) is 14.3. The van der Waals surface area contributed by atoms with Gasteiger partial charge in [0.15, 0.2) is 5.82 Å². The van der Waals surface area contributed by atoms with Crippen LogP contribution in [0.2, 0.25) is 5.15 Å². The first kappa shape index (κ1) is 13.4. The molecule has 1 aliphatic rings. The number of halogens is 1. The van der Waals surface area contributed by atoms with Gasteiger partial charge in [-0.3, -0.25) is 0 Å². The Labute approximate surface area is 124 Å². The molecule has 0 unspecified atom stereocenters. The summed E-state index contributed by atoms with van der Waals surface area (Å²) in [5.74, 6) is 1.06. The molecule has 0 amide bonds. The van der Waals surface area contributed by atoms with Crippen molar-refractivity contribution >= 4 is 17.3 Å². The average Bonchev–Trinajstić information content (AvgIpc) is 2.79. The third-order valence-electron chi connectivity index (χ3n) is 3.77. The van der Waals surface area contributed by atoms with Crippen molar-refractivity contribution in [2.24, 2.45) is 0 Å². The van der Waals surface area contributed by atoms with Crippen LogP contribution in [-0.2, 0) is 6.42 Å². The first-order valence-corrected chi connectivity index (χ1v) is 7.31. The molecule has 2 heterocycles. The van der Waals surface area contributed by atoms with Crippen molar-refractivity contribution in [3.05, 3.63) is 40.7 Å². The number of rotatable bonds is 2. The number of benzene rings is 1. The smallest absolute Gasteiger partial charge is 0.161 e. The molecule has 1 aromatic heterocycles. The largest absolute Gasteiger partial charge is 0.374 e. The van der Waals surface area contributed by atoms with Gasteiger partial charge in [-0.05, 0) is 42.2 Å². The lowest BCUT2D eigenvalue weighted by molar-refractivity contribution is 0.817. The van der Waals surface area contributed by atoms with E-state index in [2.05, 4.69) is 54.0 Å². The van der Waals surface area contributed by atoms with Gasteiger partial charge in [-0.2, -0.15) is 0 Å². The van der Waals surface area contributed by atoms with Crippen LogP contribution in [-0.4, -0.2) is 23.6 Å². The maximum atomic E-state index is 6.13. The number of hydrogen-bond donors (Lipinski definition) is 0. The zero-order valence-corrected chi connectivity index (χ0v) is 12.8. The maximum Gasteiger partial charge on any atom is 0.161 e. The lowest BCUT2D eigenvalue weighted by Gasteiger charge is -2.12. The summed E-state index contributed by atoms with van der Waals surface area (Å²) in [6.07, 6.45) is 1.08. The fourth-order valence-corrected chi connectivity index (χ4v) is 2.76. The molecule has 0 aliphatic carbocycles. The van der Waals surface area contributed by atoms with E-state index in [0.717, 1.165) is 30.0 Å². The summed E-state index contributed by atoms with van der Waals surface area (Å²) in [7, 11) is 2.12. The van der Waals surface area contributed by atoms with Crippen LogP contribution in [0, 0.1) is 0 Å². The maximum absolute atomic E-state index is 6.13. The quantitative estimate of drug-likeness (QED) is 0.784. The highest BCUT2D eigenvalue weighted by Gasteiger charge is 2.17. The molecular weight excluding hydrogens is 270 g/mol. The Hall–Kier alpha value is -1.61. The molecule has 1 aromatic carbocycles. The predicted octanol–water partition coefficient (Wildman–Crippen LogP) is 3.91. The standard InChI is InChI=1S/C16H18ClN3/c1-10(2)13-9-15(17)19-16(18-13)12-4-5-14-11(8-12)6-7-20(14)3/h4-5,8-10H,6-7H2,1-3H3. The first-order chi connectivity index (χ1) is 9.54. The highest BCUT2D eigenvalue weighted by Crippen LogP contribution is 2.31. The highest BCUT2D eigenvalue weighted by molar-refractivity contribution is 6.29. The van der Waals surface area contributed by atoms with Gasteiger partial charge in [-0.15, -0.1) is 0 Å². The summed E-state index contributed by atoms with van der Waals surface area (Å²) in [6.45, 7) is 5.30. The van der Waals surface area contributed by atoms with E-state index < -0.39 is 0 Å². The number of hydrogen-bond acceptors (Lipinski definition) is 3. The molecular formula is C16H18ClN3. The molecule has 2 aromatic rings. The van der Waals surface area contributed by atoms with Gasteiger partial charge in [0, 0.05) is 30.5 Å². The van der Waals surface area contributed by atoms with Crippen LogP contribution in [0.3, 0.4) is 0 Å².